The third-order valence-corrected chi connectivity index (χ3v) is 4.92. The highest BCUT2D eigenvalue weighted by Crippen LogP contribution is 2.34. The van der Waals surface area contributed by atoms with E-state index in [1.54, 1.807) is 0 Å². The monoisotopic (exact) mass is 237 g/mol. The number of hydrogen-bond acceptors (Lipinski definition) is 3. The van der Waals surface area contributed by atoms with E-state index in [-0.39, 0.29) is 0 Å². The molecule has 0 aromatic heterocycles. The van der Waals surface area contributed by atoms with Gasteiger partial charge in [0.05, 0.1) is 0 Å². The third-order valence-electron chi connectivity index (χ3n) is 4.92. The molecule has 2 atom stereocenters. The van der Waals surface area contributed by atoms with Crippen LogP contribution >= 0.6 is 0 Å². The Hall–Kier alpha value is -0.120. The maximum Gasteiger partial charge on any atom is 0.0137 e. The fourth-order valence-corrected chi connectivity index (χ4v) is 3.47. The number of hydrogen-bond donors (Lipinski definition) is 1. The lowest BCUT2D eigenvalue weighted by molar-refractivity contribution is 0.0192. The Bertz CT molecular complexity index is 244. The molecule has 1 saturated heterocycles. The van der Waals surface area contributed by atoms with Gasteiger partial charge in [0.2, 0.25) is 0 Å². The Balaban J connectivity index is 1.42. The first-order chi connectivity index (χ1) is 8.38. The van der Waals surface area contributed by atoms with Crippen LogP contribution < -0.4 is 5.32 Å². The van der Waals surface area contributed by atoms with Crippen molar-refractivity contribution in [1.29, 1.82) is 0 Å². The predicted molar refractivity (Wildman–Crippen MR) is 71.2 cm³/mol. The van der Waals surface area contributed by atoms with E-state index in [1.165, 1.54) is 58.4 Å². The maximum atomic E-state index is 3.52. The molecule has 2 unspecified atom stereocenters. The highest BCUT2D eigenvalue weighted by molar-refractivity contribution is 4.94. The van der Waals surface area contributed by atoms with Crippen molar-refractivity contribution in [3.05, 3.63) is 0 Å². The van der Waals surface area contributed by atoms with Crippen molar-refractivity contribution < 1.29 is 0 Å². The van der Waals surface area contributed by atoms with Crippen molar-refractivity contribution >= 4 is 0 Å². The van der Waals surface area contributed by atoms with Gasteiger partial charge in [-0.2, -0.15) is 0 Å². The molecule has 3 aliphatic rings. The largest absolute Gasteiger partial charge is 0.317 e. The number of nitrogens with zero attached hydrogens (tertiary/aromatic N) is 2. The molecule has 2 aliphatic carbocycles. The molecular formula is C14H27N3. The lowest BCUT2D eigenvalue weighted by atomic mass is 9.78. The normalized spacial score (nSPS) is 35.8. The van der Waals surface area contributed by atoms with Gasteiger partial charge in [-0.15, -0.1) is 0 Å². The van der Waals surface area contributed by atoms with Gasteiger partial charge in [-0.1, -0.05) is 6.92 Å². The first kappa shape index (κ1) is 11.9. The number of rotatable bonds is 5. The molecule has 3 fully saturated rings. The lowest BCUT2D eigenvalue weighted by Gasteiger charge is -2.48. The van der Waals surface area contributed by atoms with Crippen LogP contribution in [0.4, 0.5) is 0 Å². The van der Waals surface area contributed by atoms with Gasteiger partial charge in [-0.25, -0.2) is 0 Å². The smallest absolute Gasteiger partial charge is 0.0137 e. The summed E-state index contributed by atoms with van der Waals surface area (Å²) >= 11 is 0. The van der Waals surface area contributed by atoms with Crippen LogP contribution in [-0.4, -0.2) is 61.2 Å². The van der Waals surface area contributed by atoms with E-state index in [4.69, 9.17) is 0 Å². The standard InChI is InChI=1S/C14H27N3/c1-2-15-11-12-3-6-14(12)17-9-7-16(8-10-17)13-4-5-13/h12-15H,2-11H2,1H3. The molecule has 3 nitrogen and oxygen atoms in total. The van der Waals surface area contributed by atoms with Gasteiger partial charge in [-0.3, -0.25) is 9.80 Å². The summed E-state index contributed by atoms with van der Waals surface area (Å²) in [5.74, 6) is 0.933. The number of piperazine rings is 1. The molecule has 0 radical (unpaired) electrons. The van der Waals surface area contributed by atoms with Crippen molar-refractivity contribution in [2.24, 2.45) is 5.92 Å². The van der Waals surface area contributed by atoms with Gasteiger partial charge in [0.15, 0.2) is 0 Å². The minimum atomic E-state index is 0.899. The molecule has 1 heterocycles. The second-order valence-electron chi connectivity index (χ2n) is 6.02. The summed E-state index contributed by atoms with van der Waals surface area (Å²) in [6.07, 6.45) is 5.82. The van der Waals surface area contributed by atoms with Crippen molar-refractivity contribution in [2.75, 3.05) is 39.3 Å². The molecule has 0 spiro atoms. The van der Waals surface area contributed by atoms with E-state index in [2.05, 4.69) is 22.0 Å². The third kappa shape index (κ3) is 2.67. The van der Waals surface area contributed by atoms with Crippen LogP contribution in [0.2, 0.25) is 0 Å². The predicted octanol–water partition coefficient (Wildman–Crippen LogP) is 1.15. The molecule has 98 valence electrons. The van der Waals surface area contributed by atoms with Crippen LogP contribution in [0.5, 0.6) is 0 Å². The summed E-state index contributed by atoms with van der Waals surface area (Å²) in [5, 5.41) is 3.52. The fraction of sp³-hybridized carbons (Fsp3) is 1.00. The van der Waals surface area contributed by atoms with Gasteiger partial charge in [0.25, 0.3) is 0 Å². The summed E-state index contributed by atoms with van der Waals surface area (Å²) in [5.41, 5.74) is 0. The highest BCUT2D eigenvalue weighted by atomic mass is 15.3. The summed E-state index contributed by atoms with van der Waals surface area (Å²) in [6.45, 7) is 9.88. The van der Waals surface area contributed by atoms with Gasteiger partial charge < -0.3 is 5.32 Å². The summed E-state index contributed by atoms with van der Waals surface area (Å²) in [6, 6.07) is 1.87. The maximum absolute atomic E-state index is 3.52. The molecule has 3 heteroatoms. The fourth-order valence-electron chi connectivity index (χ4n) is 3.47. The van der Waals surface area contributed by atoms with Crippen LogP contribution in [0.3, 0.4) is 0 Å². The lowest BCUT2D eigenvalue weighted by Crippen LogP contribution is -2.57. The Morgan fingerprint density at radius 2 is 1.65 bits per heavy atom. The molecule has 0 aromatic carbocycles. The average Bonchev–Trinajstić information content (AvgIpc) is 3.13. The van der Waals surface area contributed by atoms with Gasteiger partial charge in [0.1, 0.15) is 0 Å². The molecule has 0 aromatic rings. The van der Waals surface area contributed by atoms with E-state index >= 15 is 0 Å². The Morgan fingerprint density at radius 3 is 2.18 bits per heavy atom. The van der Waals surface area contributed by atoms with Crippen LogP contribution in [0, 0.1) is 5.92 Å². The van der Waals surface area contributed by atoms with E-state index in [1.807, 2.05) is 0 Å². The van der Waals surface area contributed by atoms with Gasteiger partial charge in [0, 0.05) is 38.3 Å². The number of nitrogens with one attached hydrogen (secondary N) is 1. The first-order valence-electron chi connectivity index (χ1n) is 7.57. The van der Waals surface area contributed by atoms with Crippen LogP contribution in [0.25, 0.3) is 0 Å². The van der Waals surface area contributed by atoms with E-state index in [9.17, 15) is 0 Å². The Kier molecular flexibility index (Phi) is 3.69. The molecule has 3 rings (SSSR count). The van der Waals surface area contributed by atoms with Crippen molar-refractivity contribution in [3.8, 4) is 0 Å². The van der Waals surface area contributed by atoms with Crippen molar-refractivity contribution in [1.82, 2.24) is 15.1 Å². The Labute approximate surface area is 106 Å². The summed E-state index contributed by atoms with van der Waals surface area (Å²) in [4.78, 5) is 5.48. The summed E-state index contributed by atoms with van der Waals surface area (Å²) in [7, 11) is 0. The molecule has 17 heavy (non-hydrogen) atoms. The van der Waals surface area contributed by atoms with E-state index in [0.717, 1.165) is 24.5 Å². The van der Waals surface area contributed by atoms with Crippen LogP contribution in [0.15, 0.2) is 0 Å². The second-order valence-corrected chi connectivity index (χ2v) is 6.02. The molecule has 0 amide bonds. The minimum absolute atomic E-state index is 0.899. The van der Waals surface area contributed by atoms with E-state index in [0.29, 0.717) is 0 Å². The van der Waals surface area contributed by atoms with Crippen LogP contribution in [-0.2, 0) is 0 Å². The molecular weight excluding hydrogens is 210 g/mol. The first-order valence-corrected chi connectivity index (χ1v) is 7.57. The quantitative estimate of drug-likeness (QED) is 0.774. The van der Waals surface area contributed by atoms with Gasteiger partial charge >= 0.3 is 0 Å². The van der Waals surface area contributed by atoms with Crippen LogP contribution in [0.1, 0.15) is 32.6 Å². The topological polar surface area (TPSA) is 18.5 Å². The molecule has 2 saturated carbocycles. The van der Waals surface area contributed by atoms with Gasteiger partial charge in [-0.05, 0) is 44.7 Å². The van der Waals surface area contributed by atoms with E-state index < -0.39 is 0 Å². The Morgan fingerprint density at radius 1 is 0.941 bits per heavy atom. The highest BCUT2D eigenvalue weighted by Gasteiger charge is 2.38. The molecule has 1 N–H and O–H groups in total. The second kappa shape index (κ2) is 5.25. The van der Waals surface area contributed by atoms with Crippen molar-refractivity contribution in [3.63, 3.8) is 0 Å². The van der Waals surface area contributed by atoms with Crippen molar-refractivity contribution in [2.45, 2.75) is 44.7 Å². The summed E-state index contributed by atoms with van der Waals surface area (Å²) < 4.78 is 0. The zero-order valence-electron chi connectivity index (χ0n) is 11.2. The zero-order chi connectivity index (χ0) is 11.7. The zero-order valence-corrected chi connectivity index (χ0v) is 11.2. The minimum Gasteiger partial charge on any atom is -0.317 e. The molecule has 0 bridgehead atoms. The molecule has 1 aliphatic heterocycles. The SMILES string of the molecule is CCNCC1CCC1N1CCN(C2CC2)CC1. The average molecular weight is 237 g/mol.